The summed E-state index contributed by atoms with van der Waals surface area (Å²) in [4.78, 5) is 34.2. The second-order valence-electron chi connectivity index (χ2n) is 4.62. The Kier molecular flexibility index (Phi) is 6.55. The van der Waals surface area contributed by atoms with Gasteiger partial charge < -0.3 is 16.0 Å². The van der Waals surface area contributed by atoms with Crippen molar-refractivity contribution in [2.75, 3.05) is 18.4 Å². The highest BCUT2D eigenvalue weighted by Gasteiger charge is 2.28. The molecule has 0 unspecified atom stereocenters. The SMILES string of the molecule is CC(=O)NCCC(=O)Nc1ccccc1C(=O)NCC(F)(F)F. The average molecular weight is 331 g/mol. The molecule has 3 N–H and O–H groups in total. The highest BCUT2D eigenvalue weighted by Crippen LogP contribution is 2.17. The molecule has 0 bridgehead atoms. The molecule has 126 valence electrons. The number of carbonyl (C=O) groups is 3. The van der Waals surface area contributed by atoms with Crippen molar-refractivity contribution in [3.63, 3.8) is 0 Å². The van der Waals surface area contributed by atoms with Crippen LogP contribution in [0.25, 0.3) is 0 Å². The van der Waals surface area contributed by atoms with Crippen LogP contribution < -0.4 is 16.0 Å². The summed E-state index contributed by atoms with van der Waals surface area (Å²) in [7, 11) is 0. The first-order valence-electron chi connectivity index (χ1n) is 6.67. The second-order valence-corrected chi connectivity index (χ2v) is 4.62. The lowest BCUT2D eigenvalue weighted by molar-refractivity contribution is -0.123. The number of halogens is 3. The third-order valence-corrected chi connectivity index (χ3v) is 2.62. The summed E-state index contributed by atoms with van der Waals surface area (Å²) in [5, 5.41) is 6.60. The molecule has 0 aliphatic heterocycles. The van der Waals surface area contributed by atoms with E-state index in [9.17, 15) is 27.6 Å². The zero-order chi connectivity index (χ0) is 17.5. The van der Waals surface area contributed by atoms with Gasteiger partial charge in [0.2, 0.25) is 11.8 Å². The van der Waals surface area contributed by atoms with E-state index in [4.69, 9.17) is 0 Å². The minimum Gasteiger partial charge on any atom is -0.356 e. The van der Waals surface area contributed by atoms with Crippen LogP contribution in [0.2, 0.25) is 0 Å². The molecule has 0 atom stereocenters. The second kappa shape index (κ2) is 8.16. The van der Waals surface area contributed by atoms with Crippen molar-refractivity contribution in [2.24, 2.45) is 0 Å². The third kappa shape index (κ3) is 7.30. The molecule has 1 aromatic rings. The number of hydrogen-bond acceptors (Lipinski definition) is 3. The first kappa shape index (κ1) is 18.5. The van der Waals surface area contributed by atoms with Crippen molar-refractivity contribution in [3.05, 3.63) is 29.8 Å². The third-order valence-electron chi connectivity index (χ3n) is 2.62. The Labute approximate surface area is 130 Å². The Balaban J connectivity index is 2.68. The van der Waals surface area contributed by atoms with E-state index in [1.165, 1.54) is 31.2 Å². The van der Waals surface area contributed by atoms with E-state index in [1.807, 2.05) is 0 Å². The Morgan fingerprint density at radius 1 is 1.09 bits per heavy atom. The quantitative estimate of drug-likeness (QED) is 0.737. The van der Waals surface area contributed by atoms with Gasteiger partial charge in [0.05, 0.1) is 11.3 Å². The van der Waals surface area contributed by atoms with E-state index in [2.05, 4.69) is 10.6 Å². The highest BCUT2D eigenvalue weighted by molar-refractivity contribution is 6.03. The smallest absolute Gasteiger partial charge is 0.356 e. The van der Waals surface area contributed by atoms with Crippen LogP contribution in [-0.4, -0.2) is 37.0 Å². The predicted octanol–water partition coefficient (Wildman–Crippen LogP) is 1.44. The summed E-state index contributed by atoms with van der Waals surface area (Å²) < 4.78 is 36.4. The molecule has 0 aromatic heterocycles. The van der Waals surface area contributed by atoms with E-state index < -0.39 is 24.5 Å². The first-order valence-corrected chi connectivity index (χ1v) is 6.67. The molecule has 1 aromatic carbocycles. The summed E-state index contributed by atoms with van der Waals surface area (Å²) in [6.07, 6.45) is -4.55. The van der Waals surface area contributed by atoms with E-state index in [-0.39, 0.29) is 30.1 Å². The van der Waals surface area contributed by atoms with Crippen molar-refractivity contribution in [2.45, 2.75) is 19.5 Å². The molecule has 0 fully saturated rings. The van der Waals surface area contributed by atoms with Gasteiger partial charge in [-0.15, -0.1) is 0 Å². The Morgan fingerprint density at radius 2 is 1.74 bits per heavy atom. The number of benzene rings is 1. The maximum atomic E-state index is 12.1. The van der Waals surface area contributed by atoms with Gasteiger partial charge in [0, 0.05) is 19.9 Å². The van der Waals surface area contributed by atoms with Crippen LogP contribution in [0.5, 0.6) is 0 Å². The van der Waals surface area contributed by atoms with Gasteiger partial charge in [-0.3, -0.25) is 14.4 Å². The molecule has 0 saturated carbocycles. The van der Waals surface area contributed by atoms with Crippen molar-refractivity contribution in [3.8, 4) is 0 Å². The van der Waals surface area contributed by atoms with Gasteiger partial charge in [-0.05, 0) is 12.1 Å². The van der Waals surface area contributed by atoms with Crippen LogP contribution >= 0.6 is 0 Å². The largest absolute Gasteiger partial charge is 0.405 e. The van der Waals surface area contributed by atoms with Gasteiger partial charge in [-0.1, -0.05) is 12.1 Å². The topological polar surface area (TPSA) is 87.3 Å². The molecule has 0 saturated heterocycles. The summed E-state index contributed by atoms with van der Waals surface area (Å²) in [5.74, 6) is -1.71. The first-order chi connectivity index (χ1) is 10.7. The van der Waals surface area contributed by atoms with Crippen molar-refractivity contribution in [1.82, 2.24) is 10.6 Å². The van der Waals surface area contributed by atoms with Crippen molar-refractivity contribution >= 4 is 23.4 Å². The molecule has 0 aliphatic carbocycles. The van der Waals surface area contributed by atoms with Crippen molar-refractivity contribution in [1.29, 1.82) is 0 Å². The van der Waals surface area contributed by atoms with Crippen LogP contribution in [0, 0.1) is 0 Å². The summed E-state index contributed by atoms with van der Waals surface area (Å²) in [6.45, 7) is -0.0432. The zero-order valence-corrected chi connectivity index (χ0v) is 12.3. The Bertz CT molecular complexity index is 588. The maximum absolute atomic E-state index is 12.1. The number of para-hydroxylation sites is 1. The van der Waals surface area contributed by atoms with E-state index >= 15 is 0 Å². The summed E-state index contributed by atoms with van der Waals surface area (Å²) in [6, 6.07) is 5.70. The normalized spacial score (nSPS) is 10.8. The van der Waals surface area contributed by atoms with E-state index in [0.717, 1.165) is 0 Å². The summed E-state index contributed by atoms with van der Waals surface area (Å²) >= 11 is 0. The molecule has 0 radical (unpaired) electrons. The molecule has 9 heteroatoms. The molecular weight excluding hydrogens is 315 g/mol. The molecule has 0 spiro atoms. The van der Waals surface area contributed by atoms with Gasteiger partial charge in [0.1, 0.15) is 6.54 Å². The summed E-state index contributed by atoms with van der Waals surface area (Å²) in [5.41, 5.74) is 0.0182. The highest BCUT2D eigenvalue weighted by atomic mass is 19.4. The monoisotopic (exact) mass is 331 g/mol. The lowest BCUT2D eigenvalue weighted by Crippen LogP contribution is -2.34. The lowest BCUT2D eigenvalue weighted by Gasteiger charge is -2.12. The van der Waals surface area contributed by atoms with E-state index in [0.29, 0.717) is 0 Å². The molecular formula is C14H16F3N3O3. The predicted molar refractivity (Wildman–Crippen MR) is 76.8 cm³/mol. The number of nitrogens with one attached hydrogen (secondary N) is 3. The number of alkyl halides is 3. The maximum Gasteiger partial charge on any atom is 0.405 e. The molecule has 6 nitrogen and oxygen atoms in total. The molecule has 23 heavy (non-hydrogen) atoms. The average Bonchev–Trinajstić information content (AvgIpc) is 2.44. The van der Waals surface area contributed by atoms with Crippen LogP contribution in [0.15, 0.2) is 24.3 Å². The zero-order valence-electron chi connectivity index (χ0n) is 12.3. The minimum atomic E-state index is -4.52. The fourth-order valence-corrected chi connectivity index (χ4v) is 1.63. The standard InChI is InChI=1S/C14H16F3N3O3/c1-9(21)18-7-6-12(22)20-11-5-3-2-4-10(11)13(23)19-8-14(15,16)17/h2-5H,6-8H2,1H3,(H,18,21)(H,19,23)(H,20,22). The fourth-order valence-electron chi connectivity index (χ4n) is 1.63. The Morgan fingerprint density at radius 3 is 2.35 bits per heavy atom. The number of carbonyl (C=O) groups excluding carboxylic acids is 3. The van der Waals surface area contributed by atoms with E-state index in [1.54, 1.807) is 5.32 Å². The number of anilines is 1. The van der Waals surface area contributed by atoms with Crippen LogP contribution in [-0.2, 0) is 9.59 Å². The number of amides is 3. The van der Waals surface area contributed by atoms with Gasteiger partial charge in [-0.2, -0.15) is 13.2 Å². The van der Waals surface area contributed by atoms with Gasteiger partial charge in [-0.25, -0.2) is 0 Å². The van der Waals surface area contributed by atoms with Crippen LogP contribution in [0.1, 0.15) is 23.7 Å². The number of rotatable bonds is 6. The molecule has 0 aliphatic rings. The fraction of sp³-hybridized carbons (Fsp3) is 0.357. The van der Waals surface area contributed by atoms with Crippen molar-refractivity contribution < 1.29 is 27.6 Å². The van der Waals surface area contributed by atoms with Gasteiger partial charge >= 0.3 is 6.18 Å². The molecule has 3 amide bonds. The molecule has 1 rings (SSSR count). The van der Waals surface area contributed by atoms with Gasteiger partial charge in [0.15, 0.2) is 0 Å². The van der Waals surface area contributed by atoms with Gasteiger partial charge in [0.25, 0.3) is 5.91 Å². The minimum absolute atomic E-state index is 0.0297. The Hall–Kier alpha value is -2.58. The number of hydrogen-bond donors (Lipinski definition) is 3. The van der Waals surface area contributed by atoms with Crippen LogP contribution in [0.4, 0.5) is 18.9 Å². The lowest BCUT2D eigenvalue weighted by atomic mass is 10.1. The van der Waals surface area contributed by atoms with Crippen LogP contribution in [0.3, 0.4) is 0 Å². The molecule has 0 heterocycles.